The zero-order valence-corrected chi connectivity index (χ0v) is 10.9. The lowest BCUT2D eigenvalue weighted by Gasteiger charge is -2.20. The van der Waals surface area contributed by atoms with Crippen LogP contribution in [0.15, 0.2) is 18.2 Å². The lowest BCUT2D eigenvalue weighted by molar-refractivity contribution is -0.130. The summed E-state index contributed by atoms with van der Waals surface area (Å²) in [7, 11) is 5.11. The molecule has 0 radical (unpaired) electrons. The molecule has 0 aliphatic carbocycles. The molecule has 0 aromatic heterocycles. The number of amides is 1. The Morgan fingerprint density at radius 3 is 2.53 bits per heavy atom. The monoisotopic (exact) mass is 236 g/mol. The van der Waals surface area contributed by atoms with E-state index >= 15 is 0 Å². The van der Waals surface area contributed by atoms with Crippen molar-refractivity contribution in [1.29, 1.82) is 0 Å². The number of benzene rings is 1. The number of carbonyl (C=O) groups excluding carboxylic acids is 1. The maximum Gasteiger partial charge on any atom is 0.230 e. The van der Waals surface area contributed by atoms with E-state index < -0.39 is 0 Å². The molecule has 1 atom stereocenters. The van der Waals surface area contributed by atoms with Crippen LogP contribution in [0.5, 0.6) is 5.75 Å². The van der Waals surface area contributed by atoms with Gasteiger partial charge < -0.3 is 15.4 Å². The smallest absolute Gasteiger partial charge is 0.230 e. The Kier molecular flexibility index (Phi) is 4.52. The van der Waals surface area contributed by atoms with E-state index in [1.165, 1.54) is 0 Å². The van der Waals surface area contributed by atoms with Gasteiger partial charge >= 0.3 is 0 Å². The van der Waals surface area contributed by atoms with Crippen LogP contribution in [0, 0.1) is 6.92 Å². The Hall–Kier alpha value is -1.55. The Morgan fingerprint density at radius 2 is 2.12 bits per heavy atom. The van der Waals surface area contributed by atoms with Crippen LogP contribution in [0.2, 0.25) is 0 Å². The third-order valence-corrected chi connectivity index (χ3v) is 2.80. The number of rotatable bonds is 4. The first-order chi connectivity index (χ1) is 8.01. The van der Waals surface area contributed by atoms with Gasteiger partial charge in [0, 0.05) is 20.6 Å². The van der Waals surface area contributed by atoms with Crippen molar-refractivity contribution in [3.8, 4) is 5.75 Å². The second-order valence-electron chi connectivity index (χ2n) is 4.25. The molecule has 0 heterocycles. The van der Waals surface area contributed by atoms with Gasteiger partial charge in [0.1, 0.15) is 5.75 Å². The van der Waals surface area contributed by atoms with Crippen LogP contribution in [-0.4, -0.2) is 38.6 Å². The highest BCUT2D eigenvalue weighted by Crippen LogP contribution is 2.24. The summed E-state index contributed by atoms with van der Waals surface area (Å²) in [6, 6.07) is 5.72. The fourth-order valence-electron chi connectivity index (χ4n) is 1.81. The predicted octanol–water partition coefficient (Wildman–Crippen LogP) is 1.13. The average Bonchev–Trinajstić information content (AvgIpc) is 2.30. The number of hydrogen-bond acceptors (Lipinski definition) is 3. The van der Waals surface area contributed by atoms with Gasteiger partial charge in [0.2, 0.25) is 5.91 Å². The zero-order chi connectivity index (χ0) is 13.0. The predicted molar refractivity (Wildman–Crippen MR) is 68.2 cm³/mol. The minimum Gasteiger partial charge on any atom is -0.496 e. The van der Waals surface area contributed by atoms with Gasteiger partial charge in [-0.1, -0.05) is 12.1 Å². The number of nitrogens with zero attached hydrogens (tertiary/aromatic N) is 1. The third-order valence-electron chi connectivity index (χ3n) is 2.80. The second-order valence-corrected chi connectivity index (χ2v) is 4.25. The Morgan fingerprint density at radius 1 is 1.47 bits per heavy atom. The summed E-state index contributed by atoms with van der Waals surface area (Å²) >= 11 is 0. The standard InChI is InChI=1S/C13H20N2O2/c1-9-7-10(5-6-12(9)17-4)11(8-14)13(16)15(2)3/h5-7,11H,8,14H2,1-4H3. The van der Waals surface area contributed by atoms with Crippen molar-refractivity contribution in [2.24, 2.45) is 5.73 Å². The van der Waals surface area contributed by atoms with Gasteiger partial charge in [-0.15, -0.1) is 0 Å². The van der Waals surface area contributed by atoms with Crippen molar-refractivity contribution in [1.82, 2.24) is 4.90 Å². The molecule has 2 N–H and O–H groups in total. The summed E-state index contributed by atoms with van der Waals surface area (Å²) in [6.07, 6.45) is 0. The van der Waals surface area contributed by atoms with E-state index in [1.807, 2.05) is 25.1 Å². The largest absolute Gasteiger partial charge is 0.496 e. The molecule has 4 nitrogen and oxygen atoms in total. The summed E-state index contributed by atoms with van der Waals surface area (Å²) in [5, 5.41) is 0. The van der Waals surface area contributed by atoms with Crippen molar-refractivity contribution in [2.45, 2.75) is 12.8 Å². The lowest BCUT2D eigenvalue weighted by Crippen LogP contribution is -2.32. The minimum atomic E-state index is -0.283. The van der Waals surface area contributed by atoms with Crippen LogP contribution in [0.4, 0.5) is 0 Å². The van der Waals surface area contributed by atoms with Crippen LogP contribution in [-0.2, 0) is 4.79 Å². The number of nitrogens with two attached hydrogens (primary N) is 1. The summed E-state index contributed by atoms with van der Waals surface area (Å²) in [4.78, 5) is 13.5. The molecular formula is C13H20N2O2. The maximum atomic E-state index is 12.0. The molecule has 0 saturated carbocycles. The van der Waals surface area contributed by atoms with E-state index in [-0.39, 0.29) is 11.8 Å². The van der Waals surface area contributed by atoms with Gasteiger partial charge in [-0.3, -0.25) is 4.79 Å². The molecule has 0 fully saturated rings. The van der Waals surface area contributed by atoms with Gasteiger partial charge in [-0.25, -0.2) is 0 Å². The van der Waals surface area contributed by atoms with Gasteiger partial charge in [0.15, 0.2) is 0 Å². The van der Waals surface area contributed by atoms with E-state index in [2.05, 4.69) is 0 Å². The molecule has 1 unspecified atom stereocenters. The number of carbonyl (C=O) groups is 1. The third kappa shape index (κ3) is 2.97. The summed E-state index contributed by atoms with van der Waals surface area (Å²) in [5.41, 5.74) is 7.63. The fraction of sp³-hybridized carbons (Fsp3) is 0.462. The van der Waals surface area contributed by atoms with Crippen LogP contribution in [0.3, 0.4) is 0 Å². The van der Waals surface area contributed by atoms with Crippen molar-refractivity contribution in [3.05, 3.63) is 29.3 Å². The van der Waals surface area contributed by atoms with Gasteiger partial charge in [-0.05, 0) is 24.1 Å². The van der Waals surface area contributed by atoms with Crippen LogP contribution >= 0.6 is 0 Å². The van der Waals surface area contributed by atoms with E-state index in [1.54, 1.807) is 26.1 Å². The van der Waals surface area contributed by atoms with Crippen LogP contribution < -0.4 is 10.5 Å². The Balaban J connectivity index is 3.05. The fourth-order valence-corrected chi connectivity index (χ4v) is 1.81. The molecule has 17 heavy (non-hydrogen) atoms. The van der Waals surface area contributed by atoms with Crippen LogP contribution in [0.1, 0.15) is 17.0 Å². The molecule has 0 aliphatic rings. The van der Waals surface area contributed by atoms with Crippen LogP contribution in [0.25, 0.3) is 0 Å². The first-order valence-corrected chi connectivity index (χ1v) is 5.57. The highest BCUT2D eigenvalue weighted by atomic mass is 16.5. The summed E-state index contributed by atoms with van der Waals surface area (Å²) in [6.45, 7) is 2.26. The van der Waals surface area contributed by atoms with Crippen molar-refractivity contribution in [2.75, 3.05) is 27.7 Å². The number of ether oxygens (including phenoxy) is 1. The number of hydrogen-bond donors (Lipinski definition) is 1. The number of likely N-dealkylation sites (N-methyl/N-ethyl adjacent to an activating group) is 1. The Labute approximate surface area is 102 Å². The molecule has 1 rings (SSSR count). The van der Waals surface area contributed by atoms with E-state index in [0.29, 0.717) is 6.54 Å². The minimum absolute atomic E-state index is 0.0251. The normalized spacial score (nSPS) is 12.1. The molecule has 0 aliphatic heterocycles. The zero-order valence-electron chi connectivity index (χ0n) is 10.9. The first kappa shape index (κ1) is 13.5. The Bertz CT molecular complexity index is 402. The van der Waals surface area contributed by atoms with Gasteiger partial charge in [-0.2, -0.15) is 0 Å². The molecule has 1 aromatic rings. The molecule has 0 bridgehead atoms. The van der Waals surface area contributed by atoms with Crippen molar-refractivity contribution >= 4 is 5.91 Å². The highest BCUT2D eigenvalue weighted by molar-refractivity contribution is 5.83. The molecule has 1 aromatic carbocycles. The molecular weight excluding hydrogens is 216 g/mol. The van der Waals surface area contributed by atoms with E-state index in [4.69, 9.17) is 10.5 Å². The summed E-state index contributed by atoms with van der Waals surface area (Å²) < 4.78 is 5.19. The molecule has 0 spiro atoms. The first-order valence-electron chi connectivity index (χ1n) is 5.57. The molecule has 94 valence electrons. The van der Waals surface area contributed by atoms with Gasteiger partial charge in [0.25, 0.3) is 0 Å². The topological polar surface area (TPSA) is 55.6 Å². The molecule has 4 heteroatoms. The average molecular weight is 236 g/mol. The van der Waals surface area contributed by atoms with Gasteiger partial charge in [0.05, 0.1) is 13.0 Å². The lowest BCUT2D eigenvalue weighted by atomic mass is 9.96. The van der Waals surface area contributed by atoms with E-state index in [0.717, 1.165) is 16.9 Å². The second kappa shape index (κ2) is 5.68. The molecule has 1 amide bonds. The summed E-state index contributed by atoms with van der Waals surface area (Å²) in [5.74, 6) is 0.563. The van der Waals surface area contributed by atoms with E-state index in [9.17, 15) is 4.79 Å². The quantitative estimate of drug-likeness (QED) is 0.852. The molecule has 0 saturated heterocycles. The SMILES string of the molecule is COc1ccc(C(CN)C(=O)N(C)C)cc1C. The number of methoxy groups -OCH3 is 1. The number of aryl methyl sites for hydroxylation is 1. The maximum absolute atomic E-state index is 12.0. The van der Waals surface area contributed by atoms with Crippen molar-refractivity contribution in [3.63, 3.8) is 0 Å². The van der Waals surface area contributed by atoms with Crippen molar-refractivity contribution < 1.29 is 9.53 Å². The highest BCUT2D eigenvalue weighted by Gasteiger charge is 2.21.